The molecule has 0 spiro atoms. The van der Waals surface area contributed by atoms with Gasteiger partial charge in [-0.1, -0.05) is 85.6 Å². The van der Waals surface area contributed by atoms with Crippen LogP contribution in [0.2, 0.25) is 0 Å². The first kappa shape index (κ1) is 27.4. The van der Waals surface area contributed by atoms with Crippen LogP contribution in [-0.4, -0.2) is 9.97 Å². The van der Waals surface area contributed by atoms with Crippen LogP contribution in [0.1, 0.15) is 31.9 Å². The van der Waals surface area contributed by atoms with Gasteiger partial charge in [-0.2, -0.15) is 0 Å². The molecule has 0 atom stereocenters. The maximum atomic E-state index is 4.49. The Labute approximate surface area is 239 Å². The minimum atomic E-state index is 0. The van der Waals surface area contributed by atoms with Gasteiger partial charge < -0.3 is 9.97 Å². The molecule has 0 amide bonds. The van der Waals surface area contributed by atoms with E-state index < -0.39 is 0 Å². The van der Waals surface area contributed by atoms with E-state index in [4.69, 9.17) is 0 Å². The fourth-order valence-electron chi connectivity index (χ4n) is 4.38. The second-order valence-corrected chi connectivity index (χ2v) is 10.3. The minimum Gasteiger partial charge on any atom is -0.305 e. The Morgan fingerprint density at radius 3 is 2.08 bits per heavy atom. The van der Waals surface area contributed by atoms with Crippen LogP contribution in [0.15, 0.2) is 109 Å². The van der Waals surface area contributed by atoms with E-state index in [0.29, 0.717) is 0 Å². The van der Waals surface area contributed by atoms with Crippen molar-refractivity contribution in [3.63, 3.8) is 0 Å². The number of rotatable bonds is 2. The van der Waals surface area contributed by atoms with Gasteiger partial charge in [0.25, 0.3) is 0 Å². The monoisotopic (exact) mass is 671 g/mol. The molecular formula is C35H30IrN2-2. The number of hydrogen-bond acceptors (Lipinski definition) is 2. The van der Waals surface area contributed by atoms with Crippen molar-refractivity contribution < 1.29 is 20.1 Å². The van der Waals surface area contributed by atoms with Crippen LogP contribution in [0.5, 0.6) is 0 Å². The van der Waals surface area contributed by atoms with Gasteiger partial charge in [0, 0.05) is 32.5 Å². The second-order valence-electron chi connectivity index (χ2n) is 10.3. The van der Waals surface area contributed by atoms with Gasteiger partial charge >= 0.3 is 0 Å². The van der Waals surface area contributed by atoms with Crippen molar-refractivity contribution in [2.75, 3.05) is 0 Å². The maximum absolute atomic E-state index is 4.49. The summed E-state index contributed by atoms with van der Waals surface area (Å²) in [6.07, 6.45) is 3.65. The molecule has 0 aliphatic carbocycles. The summed E-state index contributed by atoms with van der Waals surface area (Å²) in [5.41, 5.74) is 6.77. The Kier molecular flexibility index (Phi) is 8.51. The Morgan fingerprint density at radius 2 is 1.39 bits per heavy atom. The van der Waals surface area contributed by atoms with Gasteiger partial charge in [0.15, 0.2) is 0 Å². The van der Waals surface area contributed by atoms with Gasteiger partial charge in [0.2, 0.25) is 0 Å². The molecule has 2 aromatic heterocycles. The van der Waals surface area contributed by atoms with Crippen molar-refractivity contribution in [1.82, 2.24) is 9.97 Å². The minimum absolute atomic E-state index is 0. The molecule has 0 saturated heterocycles. The predicted octanol–water partition coefficient (Wildman–Crippen LogP) is 9.01. The zero-order valence-corrected chi connectivity index (χ0v) is 24.5. The van der Waals surface area contributed by atoms with E-state index in [0.717, 1.165) is 22.5 Å². The van der Waals surface area contributed by atoms with E-state index in [1.807, 2.05) is 54.7 Å². The molecule has 3 heteroatoms. The number of benzene rings is 4. The standard InChI is InChI=1S/C24H22N.C11H8N.Ir/c1-16-11-12-25-23(13-16)19-7-9-21-17(14-19)5-6-18-15-20(24(2,3)4)8-10-22(18)21;1-2-6-10(7-3-1)11-8-4-5-9-12-11;/h5-6,8-15H,1-4H3;1-6,8-9H;/q2*-1;. The van der Waals surface area contributed by atoms with Gasteiger partial charge in [0.05, 0.1) is 0 Å². The predicted molar refractivity (Wildman–Crippen MR) is 155 cm³/mol. The largest absolute Gasteiger partial charge is 0.305 e. The van der Waals surface area contributed by atoms with Crippen molar-refractivity contribution in [3.8, 4) is 22.5 Å². The van der Waals surface area contributed by atoms with Crippen molar-refractivity contribution >= 4 is 21.5 Å². The van der Waals surface area contributed by atoms with Gasteiger partial charge in [-0.3, -0.25) is 0 Å². The molecule has 2 nitrogen and oxygen atoms in total. The van der Waals surface area contributed by atoms with Crippen LogP contribution in [0, 0.1) is 19.1 Å². The summed E-state index contributed by atoms with van der Waals surface area (Å²) in [4.78, 5) is 8.70. The first-order valence-electron chi connectivity index (χ1n) is 12.6. The van der Waals surface area contributed by atoms with E-state index in [1.54, 1.807) is 6.20 Å². The number of hydrogen-bond donors (Lipinski definition) is 0. The number of fused-ring (bicyclic) bond motifs is 3. The average molecular weight is 671 g/mol. The molecule has 1 radical (unpaired) electrons. The Hall–Kier alpha value is -3.65. The molecule has 38 heavy (non-hydrogen) atoms. The zero-order chi connectivity index (χ0) is 25.8. The van der Waals surface area contributed by atoms with E-state index in [9.17, 15) is 0 Å². The third kappa shape index (κ3) is 6.25. The summed E-state index contributed by atoms with van der Waals surface area (Å²) >= 11 is 0. The van der Waals surface area contributed by atoms with E-state index in [-0.39, 0.29) is 25.5 Å². The molecule has 0 aliphatic heterocycles. The van der Waals surface area contributed by atoms with Gasteiger partial charge in [-0.05, 0) is 46.8 Å². The topological polar surface area (TPSA) is 25.8 Å². The SMILES string of the molecule is Cc1ccnc(-c2[c-]cc3c(ccc4cc(C(C)(C)C)ccc43)c2)c1.[Ir].[c-]1ccccc1-c1ccccn1. The number of aromatic nitrogens is 2. The summed E-state index contributed by atoms with van der Waals surface area (Å²) in [6.45, 7) is 8.85. The second kappa shape index (κ2) is 11.8. The quantitative estimate of drug-likeness (QED) is 0.136. The van der Waals surface area contributed by atoms with Crippen LogP contribution >= 0.6 is 0 Å². The summed E-state index contributed by atoms with van der Waals surface area (Å²) in [6, 6.07) is 39.9. The molecule has 0 saturated carbocycles. The van der Waals surface area contributed by atoms with Crippen LogP contribution in [0.25, 0.3) is 44.1 Å². The van der Waals surface area contributed by atoms with Crippen LogP contribution in [0.4, 0.5) is 0 Å². The van der Waals surface area contributed by atoms with Crippen LogP contribution in [0.3, 0.4) is 0 Å². The van der Waals surface area contributed by atoms with Crippen molar-refractivity contribution in [1.29, 1.82) is 0 Å². The van der Waals surface area contributed by atoms with E-state index in [1.165, 1.54) is 32.7 Å². The van der Waals surface area contributed by atoms with Gasteiger partial charge in [0.1, 0.15) is 0 Å². The fourth-order valence-corrected chi connectivity index (χ4v) is 4.38. The normalized spacial score (nSPS) is 10.9. The van der Waals surface area contributed by atoms with Crippen molar-refractivity contribution in [2.45, 2.75) is 33.1 Å². The summed E-state index contributed by atoms with van der Waals surface area (Å²) < 4.78 is 0. The molecule has 0 unspecified atom stereocenters. The zero-order valence-electron chi connectivity index (χ0n) is 22.1. The third-order valence-corrected chi connectivity index (χ3v) is 6.47. The molecule has 191 valence electrons. The average Bonchev–Trinajstić information content (AvgIpc) is 2.93. The van der Waals surface area contributed by atoms with Crippen molar-refractivity contribution in [2.24, 2.45) is 0 Å². The first-order valence-corrected chi connectivity index (χ1v) is 12.6. The molecule has 6 aromatic rings. The van der Waals surface area contributed by atoms with Gasteiger partial charge in [-0.15, -0.1) is 65.0 Å². The maximum Gasteiger partial charge on any atom is 0.0163 e. The molecule has 0 bridgehead atoms. The fraction of sp³-hybridized carbons (Fsp3) is 0.143. The molecular weight excluding hydrogens is 641 g/mol. The molecule has 0 fully saturated rings. The molecule has 4 aromatic carbocycles. The smallest absolute Gasteiger partial charge is 0.0163 e. The van der Waals surface area contributed by atoms with Crippen LogP contribution in [-0.2, 0) is 25.5 Å². The summed E-state index contributed by atoms with van der Waals surface area (Å²) in [5.74, 6) is 0. The molecule has 2 heterocycles. The Balaban J connectivity index is 0.000000218. The molecule has 0 aliphatic rings. The Bertz CT molecular complexity index is 1620. The summed E-state index contributed by atoms with van der Waals surface area (Å²) in [5, 5.41) is 5.04. The van der Waals surface area contributed by atoms with Gasteiger partial charge in [-0.25, -0.2) is 0 Å². The van der Waals surface area contributed by atoms with E-state index >= 15 is 0 Å². The number of nitrogens with zero attached hydrogens (tertiary/aromatic N) is 2. The number of pyridine rings is 2. The van der Waals surface area contributed by atoms with Crippen molar-refractivity contribution in [3.05, 3.63) is 133 Å². The van der Waals surface area contributed by atoms with Crippen LogP contribution < -0.4 is 0 Å². The third-order valence-electron chi connectivity index (χ3n) is 6.47. The Morgan fingerprint density at radius 1 is 0.632 bits per heavy atom. The molecule has 0 N–H and O–H groups in total. The first-order chi connectivity index (χ1) is 17.9. The molecule has 6 rings (SSSR count). The number of aryl methyl sites for hydroxylation is 1. The van der Waals surface area contributed by atoms with E-state index in [2.05, 4.69) is 98.3 Å². The summed E-state index contributed by atoms with van der Waals surface area (Å²) in [7, 11) is 0.